The van der Waals surface area contributed by atoms with Crippen LogP contribution in [0.15, 0.2) is 53.1 Å². The molecule has 2 aromatic heterocycles. The number of piperidine rings is 2. The first-order valence-corrected chi connectivity index (χ1v) is 15.2. The van der Waals surface area contributed by atoms with Gasteiger partial charge in [-0.15, -0.1) is 24.8 Å². The van der Waals surface area contributed by atoms with Crippen molar-refractivity contribution < 1.29 is 23.8 Å². The first-order chi connectivity index (χ1) is 20.3. The van der Waals surface area contributed by atoms with Crippen molar-refractivity contribution in [2.45, 2.75) is 57.9 Å². The molecule has 2 aromatic carbocycles. The number of furan rings is 1. The monoisotopic (exact) mass is 666 g/mol. The zero-order valence-electron chi connectivity index (χ0n) is 25.0. The van der Waals surface area contributed by atoms with Gasteiger partial charge in [0.25, 0.3) is 0 Å². The SMILES string of the molecule is C[C@H]1CN([C@@H](C)CN2CCC(NC(=O)Oc3cc4c(OCc5coc6ccc(Cl)cc56)cccc4[nH]3)CC2)CC[C@@H]1O.Cl.Cl. The topological polar surface area (TPSA) is 103 Å². The van der Waals surface area contributed by atoms with Gasteiger partial charge in [0.15, 0.2) is 0 Å². The fraction of sp³-hybridized carbons (Fsp3) is 0.469. The minimum atomic E-state index is -0.460. The number of carbonyl (C=O) groups is 1. The highest BCUT2D eigenvalue weighted by atomic mass is 35.5. The summed E-state index contributed by atoms with van der Waals surface area (Å²) in [6.07, 6.45) is 3.67. The predicted octanol–water partition coefficient (Wildman–Crippen LogP) is 6.63. The molecule has 2 fully saturated rings. The summed E-state index contributed by atoms with van der Waals surface area (Å²) in [6.45, 7) is 9.50. The van der Waals surface area contributed by atoms with E-state index < -0.39 is 6.09 Å². The molecule has 0 saturated carbocycles. The summed E-state index contributed by atoms with van der Waals surface area (Å²) in [7, 11) is 0. The van der Waals surface area contributed by atoms with Crippen LogP contribution in [0, 0.1) is 5.92 Å². The summed E-state index contributed by atoms with van der Waals surface area (Å²) >= 11 is 6.16. The summed E-state index contributed by atoms with van der Waals surface area (Å²) in [5.74, 6) is 1.36. The van der Waals surface area contributed by atoms with Crippen LogP contribution in [0.25, 0.3) is 21.9 Å². The molecule has 1 amide bonds. The number of ether oxygens (including phenoxy) is 2. The van der Waals surface area contributed by atoms with Crippen LogP contribution in [0.5, 0.6) is 11.6 Å². The van der Waals surface area contributed by atoms with Gasteiger partial charge in [-0.1, -0.05) is 24.6 Å². The second kappa shape index (κ2) is 15.1. The molecule has 3 atom stereocenters. The predicted molar refractivity (Wildman–Crippen MR) is 178 cm³/mol. The lowest BCUT2D eigenvalue weighted by Gasteiger charge is -2.41. The molecule has 12 heteroatoms. The van der Waals surface area contributed by atoms with Crippen LogP contribution in [0.2, 0.25) is 5.02 Å². The van der Waals surface area contributed by atoms with Gasteiger partial charge < -0.3 is 34.2 Å². The molecule has 240 valence electrons. The number of hydrogen-bond donors (Lipinski definition) is 3. The average molecular weight is 668 g/mol. The van der Waals surface area contributed by atoms with E-state index in [9.17, 15) is 9.90 Å². The average Bonchev–Trinajstić information content (AvgIpc) is 3.57. The molecule has 0 radical (unpaired) electrons. The van der Waals surface area contributed by atoms with Crippen LogP contribution >= 0.6 is 36.4 Å². The largest absolute Gasteiger partial charge is 0.488 e. The van der Waals surface area contributed by atoms with Gasteiger partial charge in [-0.3, -0.25) is 4.90 Å². The van der Waals surface area contributed by atoms with Gasteiger partial charge in [0, 0.05) is 72.2 Å². The fourth-order valence-corrected chi connectivity index (χ4v) is 6.39. The Hall–Kier alpha value is -2.66. The van der Waals surface area contributed by atoms with E-state index in [4.69, 9.17) is 25.5 Å². The van der Waals surface area contributed by atoms with Crippen molar-refractivity contribution in [1.29, 1.82) is 0 Å². The Balaban J connectivity index is 0.00000221. The molecule has 0 bridgehead atoms. The van der Waals surface area contributed by atoms with E-state index >= 15 is 0 Å². The lowest BCUT2D eigenvalue weighted by Crippen LogP contribution is -2.52. The zero-order valence-corrected chi connectivity index (χ0v) is 27.4. The van der Waals surface area contributed by atoms with Crippen molar-refractivity contribution in [2.24, 2.45) is 5.92 Å². The lowest BCUT2D eigenvalue weighted by molar-refractivity contribution is 0.0116. The maximum atomic E-state index is 12.8. The number of H-pyrrole nitrogens is 1. The first-order valence-electron chi connectivity index (χ1n) is 14.9. The van der Waals surface area contributed by atoms with Crippen molar-refractivity contribution in [1.82, 2.24) is 20.1 Å². The van der Waals surface area contributed by atoms with Crippen molar-refractivity contribution in [3.63, 3.8) is 0 Å². The molecule has 44 heavy (non-hydrogen) atoms. The number of nitrogens with zero attached hydrogens (tertiary/aromatic N) is 2. The zero-order chi connectivity index (χ0) is 29.2. The van der Waals surface area contributed by atoms with Gasteiger partial charge in [-0.25, -0.2) is 4.79 Å². The van der Waals surface area contributed by atoms with Gasteiger partial charge in [0.2, 0.25) is 5.88 Å². The highest BCUT2D eigenvalue weighted by Gasteiger charge is 2.29. The van der Waals surface area contributed by atoms with Gasteiger partial charge in [0.1, 0.15) is 17.9 Å². The second-order valence-corrected chi connectivity index (χ2v) is 12.3. The number of hydrogen-bond acceptors (Lipinski definition) is 7. The molecule has 2 saturated heterocycles. The summed E-state index contributed by atoms with van der Waals surface area (Å²) < 4.78 is 17.4. The molecule has 2 aliphatic rings. The Labute approximate surface area is 275 Å². The Morgan fingerprint density at radius 1 is 1.14 bits per heavy atom. The number of aliphatic hydroxyl groups is 1. The van der Waals surface area contributed by atoms with E-state index in [-0.39, 0.29) is 37.0 Å². The normalized spacial score (nSPS) is 20.5. The number of aliphatic hydroxyl groups excluding tert-OH is 1. The summed E-state index contributed by atoms with van der Waals surface area (Å²) in [5, 5.41) is 15.5. The van der Waals surface area contributed by atoms with Gasteiger partial charge >= 0.3 is 6.09 Å². The molecular weight excluding hydrogens is 627 g/mol. The van der Waals surface area contributed by atoms with E-state index in [0.717, 1.165) is 79.4 Å². The van der Waals surface area contributed by atoms with E-state index in [1.54, 1.807) is 18.4 Å². The number of rotatable bonds is 8. The number of aromatic nitrogens is 1. The third-order valence-corrected chi connectivity index (χ3v) is 8.98. The van der Waals surface area contributed by atoms with E-state index in [0.29, 0.717) is 35.2 Å². The standard InChI is InChI=1S/C32H39ClN4O5.2ClH/c1-20-16-37(13-10-28(20)38)21(2)17-36-11-8-24(9-12-36)34-32(39)42-31-15-26-27(35-31)4-3-5-29(26)40-18-22-19-41-30-7-6-23(33)14-25(22)30;;/h3-7,14-15,19-21,24,28,35,38H,8-13,16-18H2,1-2H3,(H,34,39);2*1H/t20-,21-,28-;;/m0../s1. The van der Waals surface area contributed by atoms with Gasteiger partial charge in [-0.2, -0.15) is 0 Å². The van der Waals surface area contributed by atoms with E-state index in [1.165, 1.54) is 0 Å². The molecule has 0 unspecified atom stereocenters. The second-order valence-electron chi connectivity index (χ2n) is 11.8. The highest BCUT2D eigenvalue weighted by Crippen LogP contribution is 2.31. The van der Waals surface area contributed by atoms with Crippen LogP contribution in [-0.2, 0) is 6.61 Å². The molecule has 3 N–H and O–H groups in total. The Kier molecular flexibility index (Phi) is 11.7. The Morgan fingerprint density at radius 2 is 1.93 bits per heavy atom. The maximum Gasteiger partial charge on any atom is 0.414 e. The molecule has 6 rings (SSSR count). The summed E-state index contributed by atoms with van der Waals surface area (Å²) in [4.78, 5) is 20.9. The van der Waals surface area contributed by atoms with Crippen LogP contribution in [0.3, 0.4) is 0 Å². The molecule has 2 aliphatic heterocycles. The van der Waals surface area contributed by atoms with Crippen LogP contribution in [0.4, 0.5) is 4.79 Å². The van der Waals surface area contributed by atoms with Crippen LogP contribution in [-0.4, -0.2) is 76.9 Å². The number of nitrogens with one attached hydrogen (secondary N) is 2. The third kappa shape index (κ3) is 7.94. The van der Waals surface area contributed by atoms with Crippen molar-refractivity contribution in [2.75, 3.05) is 32.7 Å². The first kappa shape index (κ1) is 34.2. The quantitative estimate of drug-likeness (QED) is 0.194. The van der Waals surface area contributed by atoms with E-state index in [1.807, 2.05) is 30.3 Å². The number of benzene rings is 2. The van der Waals surface area contributed by atoms with Crippen LogP contribution < -0.4 is 14.8 Å². The summed E-state index contributed by atoms with van der Waals surface area (Å²) in [5.41, 5.74) is 2.47. The van der Waals surface area contributed by atoms with E-state index in [2.05, 4.69) is 33.9 Å². The molecule has 0 aliphatic carbocycles. The number of carbonyl (C=O) groups excluding carboxylic acids is 1. The third-order valence-electron chi connectivity index (χ3n) is 8.75. The minimum absolute atomic E-state index is 0. The van der Waals surface area contributed by atoms with Gasteiger partial charge in [0.05, 0.1) is 17.9 Å². The molecule has 0 spiro atoms. The van der Waals surface area contributed by atoms with Gasteiger partial charge in [-0.05, 0) is 62.4 Å². The Bertz CT molecular complexity index is 1540. The molecule has 4 heterocycles. The van der Waals surface area contributed by atoms with Crippen LogP contribution in [0.1, 0.15) is 38.7 Å². The lowest BCUT2D eigenvalue weighted by atomic mass is 9.95. The number of halogens is 3. The minimum Gasteiger partial charge on any atom is -0.488 e. The van der Waals surface area contributed by atoms with Crippen molar-refractivity contribution >= 4 is 64.4 Å². The summed E-state index contributed by atoms with van der Waals surface area (Å²) in [6, 6.07) is 13.5. The maximum absolute atomic E-state index is 12.8. The fourth-order valence-electron chi connectivity index (χ4n) is 6.21. The molecule has 4 aromatic rings. The highest BCUT2D eigenvalue weighted by molar-refractivity contribution is 6.31. The number of aromatic amines is 1. The molecule has 9 nitrogen and oxygen atoms in total. The number of fused-ring (bicyclic) bond motifs is 2. The number of likely N-dealkylation sites (tertiary alicyclic amines) is 2. The van der Waals surface area contributed by atoms with Crippen molar-refractivity contribution in [3.05, 3.63) is 59.3 Å². The smallest absolute Gasteiger partial charge is 0.414 e. The Morgan fingerprint density at radius 3 is 2.70 bits per heavy atom. The number of amides is 1. The van der Waals surface area contributed by atoms with Crippen molar-refractivity contribution in [3.8, 4) is 11.6 Å². The molecular formula is C32H41Cl3N4O5.